The number of para-hydroxylation sites is 3. The van der Waals surface area contributed by atoms with E-state index in [1.807, 2.05) is 12.3 Å². The highest BCUT2D eigenvalue weighted by Gasteiger charge is 2.51. The fourth-order valence-corrected chi connectivity index (χ4v) is 9.01. The lowest BCUT2D eigenvalue weighted by Gasteiger charge is -2.54. The van der Waals surface area contributed by atoms with E-state index < -0.39 is 0 Å². The summed E-state index contributed by atoms with van der Waals surface area (Å²) in [6, 6.07) is 34.2. The van der Waals surface area contributed by atoms with E-state index in [0.29, 0.717) is 11.8 Å². The molecule has 0 fully saturated rings. The maximum absolute atomic E-state index is 4.88. The molecule has 5 aliphatic rings. The standard InChI is InChI=1S/C43H41BN4/c1-29-22-24-38(32(28-29)35-17-10-12-26-45-35)47-39-20-8-5-15-33(39)44-34-16-6-9-21-40(34)48(43-30(2)23-25-41(47)42(43)44)37-19-7-4-14-31(37)36-18-11-13-27-46(36)3/h4-21,24,26-30,36,43H,22-23,25H2,1-3H3. The average Bonchev–Trinajstić information content (AvgIpc) is 3.13. The molecule has 4 unspecified atom stereocenters. The lowest BCUT2D eigenvalue weighted by Crippen LogP contribution is -2.63. The number of aromatic nitrogens is 1. The molecule has 0 amide bonds. The molecule has 236 valence electrons. The van der Waals surface area contributed by atoms with Crippen molar-refractivity contribution in [1.82, 2.24) is 9.88 Å². The predicted octanol–water partition coefficient (Wildman–Crippen LogP) is 8.32. The van der Waals surface area contributed by atoms with Gasteiger partial charge in [0.2, 0.25) is 6.71 Å². The van der Waals surface area contributed by atoms with Crippen LogP contribution in [0.5, 0.6) is 0 Å². The first-order chi connectivity index (χ1) is 23.6. The van der Waals surface area contributed by atoms with Gasteiger partial charge in [-0.3, -0.25) is 4.98 Å². The normalized spacial score (nSPS) is 24.1. The topological polar surface area (TPSA) is 22.6 Å². The third-order valence-electron chi connectivity index (χ3n) is 11.2. The Bertz CT molecular complexity index is 2060. The van der Waals surface area contributed by atoms with Gasteiger partial charge < -0.3 is 14.7 Å². The Labute approximate surface area is 285 Å². The molecule has 0 saturated heterocycles. The third-order valence-corrected chi connectivity index (χ3v) is 11.2. The lowest BCUT2D eigenvalue weighted by molar-refractivity contribution is 0.388. The van der Waals surface area contributed by atoms with Crippen LogP contribution in [-0.2, 0) is 0 Å². The number of pyridine rings is 1. The van der Waals surface area contributed by atoms with Crippen molar-refractivity contribution in [2.24, 2.45) is 11.8 Å². The maximum Gasteiger partial charge on any atom is 0.246 e. The molecule has 5 heteroatoms. The first-order valence-corrected chi connectivity index (χ1v) is 17.6. The summed E-state index contributed by atoms with van der Waals surface area (Å²) in [7, 11) is 2.19. The molecule has 3 aliphatic heterocycles. The summed E-state index contributed by atoms with van der Waals surface area (Å²) < 4.78 is 0. The Hall–Kier alpha value is -5.03. The zero-order valence-electron chi connectivity index (χ0n) is 28.0. The number of allylic oxidation sites excluding steroid dienone is 6. The summed E-state index contributed by atoms with van der Waals surface area (Å²) in [5, 5.41) is 0. The maximum atomic E-state index is 4.88. The fraction of sp³-hybridized carbons (Fsp3) is 0.233. The highest BCUT2D eigenvalue weighted by molar-refractivity contribution is 6.94. The molecule has 3 aromatic carbocycles. The summed E-state index contributed by atoms with van der Waals surface area (Å²) in [4.78, 5) is 12.6. The third kappa shape index (κ3) is 4.47. The van der Waals surface area contributed by atoms with Crippen LogP contribution in [0.15, 0.2) is 151 Å². The summed E-state index contributed by atoms with van der Waals surface area (Å²) in [5.74, 6) is 0.941. The van der Waals surface area contributed by atoms with E-state index in [1.165, 1.54) is 50.5 Å². The van der Waals surface area contributed by atoms with Crippen LogP contribution < -0.4 is 20.7 Å². The summed E-state index contributed by atoms with van der Waals surface area (Å²) in [6.07, 6.45) is 18.9. The average molecular weight is 625 g/mol. The van der Waals surface area contributed by atoms with Crippen LogP contribution in [0.4, 0.5) is 17.1 Å². The number of likely N-dealkylation sites (N-methyl/N-ethyl adjacent to an activating group) is 1. The van der Waals surface area contributed by atoms with E-state index >= 15 is 0 Å². The molecule has 0 saturated carbocycles. The van der Waals surface area contributed by atoms with E-state index in [0.717, 1.165) is 25.0 Å². The van der Waals surface area contributed by atoms with Crippen LogP contribution >= 0.6 is 0 Å². The Morgan fingerprint density at radius 3 is 2.31 bits per heavy atom. The Balaban J connectivity index is 1.29. The number of hydrogen-bond acceptors (Lipinski definition) is 4. The van der Waals surface area contributed by atoms with Gasteiger partial charge in [0.15, 0.2) is 0 Å². The van der Waals surface area contributed by atoms with Crippen molar-refractivity contribution in [3.63, 3.8) is 0 Å². The molecule has 2 aliphatic carbocycles. The van der Waals surface area contributed by atoms with Crippen molar-refractivity contribution < 1.29 is 0 Å². The number of anilines is 3. The molecular weight excluding hydrogens is 583 g/mol. The Morgan fingerprint density at radius 1 is 0.792 bits per heavy atom. The second-order valence-electron chi connectivity index (χ2n) is 14.1. The van der Waals surface area contributed by atoms with Gasteiger partial charge in [0.05, 0.1) is 23.5 Å². The van der Waals surface area contributed by atoms with Gasteiger partial charge >= 0.3 is 0 Å². The first-order valence-electron chi connectivity index (χ1n) is 17.6. The largest absolute Gasteiger partial charge is 0.370 e. The minimum absolute atomic E-state index is 0.174. The van der Waals surface area contributed by atoms with E-state index in [-0.39, 0.29) is 18.8 Å². The molecule has 4 nitrogen and oxygen atoms in total. The molecule has 4 aromatic rings. The molecular formula is C43H41BN4. The second kappa shape index (κ2) is 11.6. The number of nitrogens with zero attached hydrogens (tertiary/aromatic N) is 4. The Morgan fingerprint density at radius 2 is 1.52 bits per heavy atom. The van der Waals surface area contributed by atoms with Crippen LogP contribution in [-0.4, -0.2) is 29.7 Å². The predicted molar refractivity (Wildman–Crippen MR) is 201 cm³/mol. The van der Waals surface area contributed by atoms with E-state index in [2.05, 4.69) is 157 Å². The fourth-order valence-electron chi connectivity index (χ4n) is 9.01. The van der Waals surface area contributed by atoms with E-state index in [9.17, 15) is 0 Å². The smallest absolute Gasteiger partial charge is 0.246 e. The van der Waals surface area contributed by atoms with Gasteiger partial charge in [0.25, 0.3) is 0 Å². The van der Waals surface area contributed by atoms with Crippen LogP contribution in [0.25, 0.3) is 5.57 Å². The number of fused-ring (bicyclic) bond motifs is 4. The molecule has 4 heterocycles. The summed E-state index contributed by atoms with van der Waals surface area (Å²) >= 11 is 0. The van der Waals surface area contributed by atoms with Gasteiger partial charge in [-0.05, 0) is 90.1 Å². The van der Waals surface area contributed by atoms with Crippen LogP contribution in [0.2, 0.25) is 0 Å². The summed E-state index contributed by atoms with van der Waals surface area (Å²) in [6.45, 7) is 5.01. The minimum Gasteiger partial charge on any atom is -0.370 e. The number of hydrogen-bond donors (Lipinski definition) is 0. The van der Waals surface area contributed by atoms with Gasteiger partial charge in [-0.2, -0.15) is 0 Å². The first kappa shape index (κ1) is 29.1. The van der Waals surface area contributed by atoms with E-state index in [1.54, 1.807) is 5.47 Å². The highest BCUT2D eigenvalue weighted by atomic mass is 15.2. The highest BCUT2D eigenvalue weighted by Crippen LogP contribution is 2.50. The number of benzene rings is 3. The summed E-state index contributed by atoms with van der Waals surface area (Å²) in [5.41, 5.74) is 14.7. The SMILES string of the molecule is CC1C=C(c2ccccn2)C(N2C3=C4B(c5ccccc52)c2ccccc2N(c2ccccc2C2C=CC=CN2C)C4C(C)CC3)=CC1. The molecule has 0 bridgehead atoms. The van der Waals surface area contributed by atoms with Crippen LogP contribution in [0.1, 0.15) is 50.4 Å². The lowest BCUT2D eigenvalue weighted by atomic mass is 9.30. The second-order valence-corrected chi connectivity index (χ2v) is 14.1. The zero-order valence-corrected chi connectivity index (χ0v) is 28.0. The Kier molecular flexibility index (Phi) is 7.04. The molecule has 9 rings (SSSR count). The minimum atomic E-state index is 0.174. The van der Waals surface area contributed by atoms with E-state index in [4.69, 9.17) is 4.98 Å². The molecule has 0 spiro atoms. The molecule has 1 aromatic heterocycles. The van der Waals surface area contributed by atoms with Crippen molar-refractivity contribution in [2.75, 3.05) is 16.8 Å². The van der Waals surface area contributed by atoms with Crippen LogP contribution in [0, 0.1) is 11.8 Å². The quantitative estimate of drug-likeness (QED) is 0.213. The van der Waals surface area contributed by atoms with Gasteiger partial charge in [-0.25, -0.2) is 0 Å². The molecule has 4 atom stereocenters. The molecule has 0 N–H and O–H groups in total. The molecule has 48 heavy (non-hydrogen) atoms. The van der Waals surface area contributed by atoms with Crippen molar-refractivity contribution >= 4 is 40.3 Å². The van der Waals surface area contributed by atoms with Gasteiger partial charge in [0.1, 0.15) is 0 Å². The van der Waals surface area contributed by atoms with Gasteiger partial charge in [-0.15, -0.1) is 0 Å². The van der Waals surface area contributed by atoms with Gasteiger partial charge in [0, 0.05) is 47.1 Å². The van der Waals surface area contributed by atoms with Crippen molar-refractivity contribution in [1.29, 1.82) is 0 Å². The van der Waals surface area contributed by atoms with Crippen LogP contribution in [0.3, 0.4) is 0 Å². The van der Waals surface area contributed by atoms with Crippen molar-refractivity contribution in [3.8, 4) is 0 Å². The monoisotopic (exact) mass is 624 g/mol. The van der Waals surface area contributed by atoms with Crippen molar-refractivity contribution in [2.45, 2.75) is 45.2 Å². The van der Waals surface area contributed by atoms with Crippen molar-refractivity contribution in [3.05, 3.63) is 162 Å². The van der Waals surface area contributed by atoms with Gasteiger partial charge in [-0.1, -0.05) is 98.8 Å². The zero-order chi connectivity index (χ0) is 32.4. The molecule has 0 radical (unpaired) electrons. The number of rotatable bonds is 4.